The Morgan fingerprint density at radius 2 is 1.44 bits per heavy atom. The molecule has 0 amide bonds. The molecule has 0 fully saturated rings. The first-order chi connectivity index (χ1) is 3.81. The van der Waals surface area contributed by atoms with E-state index >= 15 is 0 Å². The third-order valence-corrected chi connectivity index (χ3v) is 2.09. The first kappa shape index (κ1) is 9.64. The van der Waals surface area contributed by atoms with E-state index in [-0.39, 0.29) is 0 Å². The van der Waals surface area contributed by atoms with Gasteiger partial charge in [0.15, 0.2) is 0 Å². The standard InChI is InChI=1S/C2Br2F4O/c3-1(5,6)2(4,7)9-8. The third-order valence-electron chi connectivity index (χ3n) is 0.427. The van der Waals surface area contributed by atoms with Gasteiger partial charge in [0.25, 0.3) is 0 Å². The summed E-state index contributed by atoms with van der Waals surface area (Å²) in [4.78, 5) is -1.83. The highest BCUT2D eigenvalue weighted by Gasteiger charge is 2.54. The summed E-state index contributed by atoms with van der Waals surface area (Å²) < 4.78 is 42.2. The Morgan fingerprint density at radius 3 is 1.44 bits per heavy atom. The van der Waals surface area contributed by atoms with Gasteiger partial charge >= 0.3 is 9.60 Å². The van der Waals surface area contributed by atoms with Crippen molar-refractivity contribution < 1.29 is 22.6 Å². The van der Waals surface area contributed by atoms with E-state index in [1.165, 1.54) is 0 Å². The maximum atomic E-state index is 11.8. The van der Waals surface area contributed by atoms with Gasteiger partial charge in [0, 0.05) is 0 Å². The van der Waals surface area contributed by atoms with E-state index in [4.69, 9.17) is 0 Å². The van der Waals surface area contributed by atoms with Gasteiger partial charge in [0.1, 0.15) is 0 Å². The maximum absolute atomic E-state index is 11.8. The van der Waals surface area contributed by atoms with Crippen LogP contribution in [0.15, 0.2) is 0 Å². The summed E-state index contributed by atoms with van der Waals surface area (Å²) in [5.74, 6) is 0. The van der Waals surface area contributed by atoms with Crippen LogP contribution in [0.5, 0.6) is 0 Å². The number of rotatable bonds is 2. The Kier molecular flexibility index (Phi) is 2.90. The van der Waals surface area contributed by atoms with Crippen LogP contribution in [0.4, 0.5) is 17.7 Å². The SMILES string of the molecule is FOC(F)(Br)C(F)(F)Br. The third kappa shape index (κ3) is 2.38. The maximum Gasteiger partial charge on any atom is 0.372 e. The number of halogens is 6. The van der Waals surface area contributed by atoms with Crippen LogP contribution in [0.2, 0.25) is 0 Å². The highest BCUT2D eigenvalue weighted by molar-refractivity contribution is 9.12. The molecule has 0 aliphatic carbocycles. The molecular weight excluding hydrogens is 276 g/mol. The van der Waals surface area contributed by atoms with Crippen LogP contribution < -0.4 is 0 Å². The van der Waals surface area contributed by atoms with Crippen LogP contribution in [0.3, 0.4) is 0 Å². The van der Waals surface area contributed by atoms with Crippen LogP contribution in [0.1, 0.15) is 0 Å². The monoisotopic (exact) mass is 274 g/mol. The second kappa shape index (κ2) is 2.71. The van der Waals surface area contributed by atoms with Gasteiger partial charge in [-0.25, -0.2) is 0 Å². The van der Waals surface area contributed by atoms with E-state index in [1.54, 1.807) is 31.9 Å². The second-order valence-electron chi connectivity index (χ2n) is 1.09. The molecule has 0 N–H and O–H groups in total. The number of hydrogen-bond donors (Lipinski definition) is 0. The van der Waals surface area contributed by atoms with Crippen LogP contribution in [-0.2, 0) is 4.94 Å². The Balaban J connectivity index is 4.14. The van der Waals surface area contributed by atoms with Gasteiger partial charge in [-0.05, 0) is 36.4 Å². The molecule has 0 aliphatic heterocycles. The Bertz CT molecular complexity index is 99.2. The average molecular weight is 276 g/mol. The second-order valence-corrected chi connectivity index (χ2v) is 3.11. The van der Waals surface area contributed by atoms with E-state index in [9.17, 15) is 17.7 Å². The van der Waals surface area contributed by atoms with Gasteiger partial charge in [0.05, 0.1) is 0 Å². The van der Waals surface area contributed by atoms with Gasteiger partial charge in [-0.15, -0.1) is 4.94 Å². The van der Waals surface area contributed by atoms with Crippen molar-refractivity contribution in [3.8, 4) is 0 Å². The van der Waals surface area contributed by atoms with E-state index in [0.29, 0.717) is 0 Å². The highest BCUT2D eigenvalue weighted by atomic mass is 79.9. The van der Waals surface area contributed by atoms with Crippen molar-refractivity contribution in [1.82, 2.24) is 0 Å². The fourth-order valence-electron chi connectivity index (χ4n) is 0.0437. The van der Waals surface area contributed by atoms with E-state index in [2.05, 4.69) is 4.94 Å². The lowest BCUT2D eigenvalue weighted by Crippen LogP contribution is -2.33. The van der Waals surface area contributed by atoms with Gasteiger partial charge in [-0.2, -0.15) is 13.2 Å². The summed E-state index contributed by atoms with van der Waals surface area (Å²) in [6.45, 7) is 0. The molecule has 0 saturated carbocycles. The number of alkyl halides is 5. The molecule has 7 heteroatoms. The van der Waals surface area contributed by atoms with Gasteiger partial charge in [0.2, 0.25) is 0 Å². The molecule has 1 unspecified atom stereocenters. The first-order valence-corrected chi connectivity index (χ1v) is 3.14. The Hall–Kier alpha value is 0.640. The first-order valence-electron chi connectivity index (χ1n) is 1.55. The van der Waals surface area contributed by atoms with Crippen molar-refractivity contribution in [2.24, 2.45) is 0 Å². The molecule has 0 aromatic carbocycles. The van der Waals surface area contributed by atoms with Crippen LogP contribution >= 0.6 is 31.9 Å². The molecule has 0 radical (unpaired) electrons. The van der Waals surface area contributed by atoms with E-state index in [1.807, 2.05) is 0 Å². The molecule has 0 aliphatic rings. The normalized spacial score (nSPS) is 19.3. The quantitative estimate of drug-likeness (QED) is 0.556. The minimum absolute atomic E-state index is 1.54. The van der Waals surface area contributed by atoms with Crippen molar-refractivity contribution in [1.29, 1.82) is 0 Å². The summed E-state index contributed by atoms with van der Waals surface area (Å²) in [5, 5.41) is 0. The summed E-state index contributed by atoms with van der Waals surface area (Å²) in [6.07, 6.45) is 0. The zero-order chi connectivity index (χ0) is 7.71. The smallest absolute Gasteiger partial charge is 0.188 e. The van der Waals surface area contributed by atoms with E-state index < -0.39 is 9.60 Å². The predicted octanol–water partition coefficient (Wildman–Crippen LogP) is 2.89. The van der Waals surface area contributed by atoms with Crippen LogP contribution in [-0.4, -0.2) is 9.60 Å². The van der Waals surface area contributed by atoms with Crippen LogP contribution in [0, 0.1) is 0 Å². The largest absolute Gasteiger partial charge is 0.372 e. The molecule has 1 nitrogen and oxygen atoms in total. The molecule has 0 heterocycles. The van der Waals surface area contributed by atoms with Gasteiger partial charge in [-0.1, -0.05) is 0 Å². The summed E-state index contributed by atoms with van der Waals surface area (Å²) >= 11 is 3.18. The predicted molar refractivity (Wildman–Crippen MR) is 28.8 cm³/mol. The fraction of sp³-hybridized carbons (Fsp3) is 1.00. The molecule has 0 bridgehead atoms. The lowest BCUT2D eigenvalue weighted by molar-refractivity contribution is -0.288. The minimum Gasteiger partial charge on any atom is -0.188 e. The van der Waals surface area contributed by atoms with Crippen molar-refractivity contribution in [3.63, 3.8) is 0 Å². The Labute approximate surface area is 64.5 Å². The highest BCUT2D eigenvalue weighted by Crippen LogP contribution is 2.43. The molecule has 9 heavy (non-hydrogen) atoms. The van der Waals surface area contributed by atoms with Gasteiger partial charge < -0.3 is 0 Å². The van der Waals surface area contributed by atoms with E-state index in [0.717, 1.165) is 0 Å². The molecule has 56 valence electrons. The molecular formula is C2Br2F4O. The number of hydrogen-bond acceptors (Lipinski definition) is 1. The lowest BCUT2D eigenvalue weighted by atomic mass is 10.7. The summed E-state index contributed by atoms with van der Waals surface area (Å²) in [7, 11) is 0. The Morgan fingerprint density at radius 1 is 1.11 bits per heavy atom. The zero-order valence-corrected chi connectivity index (χ0v) is 6.85. The van der Waals surface area contributed by atoms with Gasteiger partial charge in [-0.3, -0.25) is 0 Å². The summed E-state index contributed by atoms with van der Waals surface area (Å²) in [6, 6.07) is 0. The topological polar surface area (TPSA) is 9.23 Å². The zero-order valence-electron chi connectivity index (χ0n) is 3.68. The summed E-state index contributed by atoms with van der Waals surface area (Å²) in [5.41, 5.74) is 0. The minimum atomic E-state index is -4.09. The molecule has 0 aromatic heterocycles. The molecule has 0 aromatic rings. The molecule has 0 saturated heterocycles. The van der Waals surface area contributed by atoms with Crippen molar-refractivity contribution in [2.75, 3.05) is 0 Å². The van der Waals surface area contributed by atoms with Crippen LogP contribution in [0.25, 0.3) is 0 Å². The fourth-order valence-corrected chi connectivity index (χ4v) is 0.105. The average Bonchev–Trinajstić information content (AvgIpc) is 1.64. The molecule has 1 atom stereocenters. The van der Waals surface area contributed by atoms with Crippen molar-refractivity contribution >= 4 is 31.9 Å². The molecule has 0 rings (SSSR count). The van der Waals surface area contributed by atoms with Crippen molar-refractivity contribution in [3.05, 3.63) is 0 Å². The van der Waals surface area contributed by atoms with Crippen molar-refractivity contribution in [2.45, 2.75) is 9.60 Å². The molecule has 0 spiro atoms. The lowest BCUT2D eigenvalue weighted by Gasteiger charge is -2.17.